The molecule has 1 amide bonds. The second-order valence-electron chi connectivity index (χ2n) is 7.65. The van der Waals surface area contributed by atoms with Crippen LogP contribution in [-0.4, -0.2) is 52.5 Å². The number of aromatic hydroxyl groups is 1. The van der Waals surface area contributed by atoms with E-state index in [4.69, 9.17) is 9.47 Å². The van der Waals surface area contributed by atoms with Gasteiger partial charge in [0.1, 0.15) is 22.9 Å². The number of fused-ring (bicyclic) bond motifs is 1. The van der Waals surface area contributed by atoms with Crippen molar-refractivity contribution < 1.29 is 19.4 Å². The zero-order valence-electron chi connectivity index (χ0n) is 16.7. The number of phenols is 1. The van der Waals surface area contributed by atoms with Gasteiger partial charge in [-0.3, -0.25) is 9.89 Å². The normalized spacial score (nSPS) is 20.6. The fourth-order valence-electron chi connectivity index (χ4n) is 4.43. The van der Waals surface area contributed by atoms with Crippen molar-refractivity contribution in [1.29, 1.82) is 0 Å². The van der Waals surface area contributed by atoms with E-state index in [9.17, 15) is 9.90 Å². The Morgan fingerprint density at radius 2 is 2.13 bits per heavy atom. The summed E-state index contributed by atoms with van der Waals surface area (Å²) in [6.07, 6.45) is 1.97. The van der Waals surface area contributed by atoms with Crippen molar-refractivity contribution >= 4 is 5.91 Å². The lowest BCUT2D eigenvalue weighted by molar-refractivity contribution is 0.0495. The zero-order chi connectivity index (χ0) is 20.7. The molecule has 7 heteroatoms. The number of carbonyl (C=O) groups excluding carboxylic acids is 1. The highest BCUT2D eigenvalue weighted by Crippen LogP contribution is 2.45. The van der Waals surface area contributed by atoms with Crippen molar-refractivity contribution in [3.05, 3.63) is 65.4 Å². The number of para-hydroxylation sites is 1. The number of rotatable bonds is 5. The van der Waals surface area contributed by atoms with Crippen LogP contribution in [0.4, 0.5) is 0 Å². The first kappa shape index (κ1) is 18.7. The summed E-state index contributed by atoms with van der Waals surface area (Å²) < 4.78 is 11.2. The predicted octanol–water partition coefficient (Wildman–Crippen LogP) is 3.52. The maximum absolute atomic E-state index is 13.4. The van der Waals surface area contributed by atoms with Gasteiger partial charge in [-0.2, -0.15) is 5.10 Å². The number of hydrogen-bond acceptors (Lipinski definition) is 5. The fourth-order valence-corrected chi connectivity index (χ4v) is 4.43. The lowest BCUT2D eigenvalue weighted by Gasteiger charge is -2.28. The van der Waals surface area contributed by atoms with Gasteiger partial charge in [-0.25, -0.2) is 0 Å². The van der Waals surface area contributed by atoms with E-state index in [1.165, 1.54) is 0 Å². The molecule has 0 saturated carbocycles. The SMILES string of the molecule is COc1cccc([C@H]2c3c(-c4ccccc4O)n[nH]c3C(=O)N2C[C@H]2CCCO2)c1. The van der Waals surface area contributed by atoms with Crippen molar-refractivity contribution in [2.45, 2.75) is 25.0 Å². The third kappa shape index (κ3) is 3.02. The summed E-state index contributed by atoms with van der Waals surface area (Å²) >= 11 is 0. The van der Waals surface area contributed by atoms with Gasteiger partial charge in [-0.15, -0.1) is 0 Å². The minimum atomic E-state index is -0.347. The maximum atomic E-state index is 13.4. The third-order valence-corrected chi connectivity index (χ3v) is 5.86. The average molecular weight is 405 g/mol. The lowest BCUT2D eigenvalue weighted by Crippen LogP contribution is -2.36. The molecule has 2 aliphatic rings. The first-order valence-electron chi connectivity index (χ1n) is 10.1. The van der Waals surface area contributed by atoms with Gasteiger partial charge >= 0.3 is 0 Å². The molecule has 5 rings (SSSR count). The van der Waals surface area contributed by atoms with E-state index in [-0.39, 0.29) is 23.8 Å². The summed E-state index contributed by atoms with van der Waals surface area (Å²) in [5, 5.41) is 17.8. The Hall–Kier alpha value is -3.32. The summed E-state index contributed by atoms with van der Waals surface area (Å²) in [5.41, 5.74) is 3.33. The quantitative estimate of drug-likeness (QED) is 0.678. The molecule has 1 saturated heterocycles. The fraction of sp³-hybridized carbons (Fsp3) is 0.304. The van der Waals surface area contributed by atoms with Gasteiger partial charge in [-0.1, -0.05) is 24.3 Å². The Morgan fingerprint density at radius 1 is 1.27 bits per heavy atom. The summed E-state index contributed by atoms with van der Waals surface area (Å²) in [6.45, 7) is 1.23. The monoisotopic (exact) mass is 405 g/mol. The topological polar surface area (TPSA) is 87.7 Å². The number of aromatic nitrogens is 2. The zero-order valence-corrected chi connectivity index (χ0v) is 16.7. The van der Waals surface area contributed by atoms with Crippen LogP contribution < -0.4 is 4.74 Å². The van der Waals surface area contributed by atoms with Crippen molar-refractivity contribution in [3.8, 4) is 22.8 Å². The Bertz CT molecular complexity index is 1090. The van der Waals surface area contributed by atoms with Crippen LogP contribution in [0.1, 0.15) is 40.5 Å². The van der Waals surface area contributed by atoms with E-state index in [0.717, 1.165) is 36.3 Å². The maximum Gasteiger partial charge on any atom is 0.273 e. The first-order chi connectivity index (χ1) is 14.7. The van der Waals surface area contributed by atoms with E-state index >= 15 is 0 Å². The molecule has 3 aromatic rings. The molecule has 30 heavy (non-hydrogen) atoms. The Kier molecular flexibility index (Phi) is 4.67. The number of phenolic OH excluding ortho intramolecular Hbond substituents is 1. The molecule has 7 nitrogen and oxygen atoms in total. The van der Waals surface area contributed by atoms with E-state index < -0.39 is 0 Å². The molecule has 0 unspecified atom stereocenters. The number of carbonyl (C=O) groups is 1. The van der Waals surface area contributed by atoms with E-state index in [2.05, 4.69) is 10.2 Å². The number of H-pyrrole nitrogens is 1. The third-order valence-electron chi connectivity index (χ3n) is 5.86. The first-order valence-corrected chi connectivity index (χ1v) is 10.1. The standard InChI is InChI=1S/C23H23N3O4/c1-29-15-7-4-6-14(12-15)22-19-20(17-9-2-3-10-18(17)27)24-25-21(19)23(28)26(22)13-16-8-5-11-30-16/h2-4,6-7,9-10,12,16,22,27H,5,8,11,13H2,1H3,(H,24,25)/t16-,22+/m1/s1. The van der Waals surface area contributed by atoms with E-state index in [1.54, 1.807) is 19.2 Å². The second kappa shape index (κ2) is 7.50. The minimum Gasteiger partial charge on any atom is -0.507 e. The number of hydrogen-bond donors (Lipinski definition) is 2. The van der Waals surface area contributed by atoms with Gasteiger partial charge in [0.25, 0.3) is 5.91 Å². The molecule has 1 aromatic heterocycles. The lowest BCUT2D eigenvalue weighted by atomic mass is 9.95. The van der Waals surface area contributed by atoms with E-state index in [0.29, 0.717) is 23.5 Å². The van der Waals surface area contributed by atoms with Crippen LogP contribution in [0.3, 0.4) is 0 Å². The van der Waals surface area contributed by atoms with Crippen molar-refractivity contribution in [2.24, 2.45) is 0 Å². The summed E-state index contributed by atoms with van der Waals surface area (Å²) in [7, 11) is 1.62. The van der Waals surface area contributed by atoms with Crippen LogP contribution >= 0.6 is 0 Å². The molecule has 2 aromatic carbocycles. The molecule has 0 radical (unpaired) electrons. The van der Waals surface area contributed by atoms with Crippen LogP contribution in [0.2, 0.25) is 0 Å². The van der Waals surface area contributed by atoms with Gasteiger partial charge in [-0.05, 0) is 42.7 Å². The highest BCUT2D eigenvalue weighted by atomic mass is 16.5. The van der Waals surface area contributed by atoms with Crippen LogP contribution in [0.25, 0.3) is 11.3 Å². The van der Waals surface area contributed by atoms with Gasteiger partial charge in [0.05, 0.1) is 19.3 Å². The van der Waals surface area contributed by atoms with Crippen LogP contribution in [0.5, 0.6) is 11.5 Å². The molecule has 2 atom stereocenters. The number of benzene rings is 2. The summed E-state index contributed by atoms with van der Waals surface area (Å²) in [6, 6.07) is 14.4. The van der Waals surface area contributed by atoms with Crippen LogP contribution in [-0.2, 0) is 4.74 Å². The number of nitrogens with zero attached hydrogens (tertiary/aromatic N) is 2. The average Bonchev–Trinajstić information content (AvgIpc) is 3.48. The number of ether oxygens (including phenoxy) is 2. The van der Waals surface area contributed by atoms with Crippen molar-refractivity contribution in [1.82, 2.24) is 15.1 Å². The molecule has 3 heterocycles. The molecule has 154 valence electrons. The van der Waals surface area contributed by atoms with Crippen LogP contribution in [0.15, 0.2) is 48.5 Å². The number of aromatic amines is 1. The minimum absolute atomic E-state index is 0.0209. The second-order valence-corrected chi connectivity index (χ2v) is 7.65. The van der Waals surface area contributed by atoms with Gasteiger partial charge in [0, 0.05) is 24.3 Å². The number of nitrogens with one attached hydrogen (secondary N) is 1. The molecule has 0 aliphatic carbocycles. The van der Waals surface area contributed by atoms with Crippen molar-refractivity contribution in [3.63, 3.8) is 0 Å². The smallest absolute Gasteiger partial charge is 0.273 e. The van der Waals surface area contributed by atoms with Gasteiger partial charge < -0.3 is 19.5 Å². The molecule has 0 spiro atoms. The Balaban J connectivity index is 1.65. The van der Waals surface area contributed by atoms with Crippen LogP contribution in [0, 0.1) is 0 Å². The highest BCUT2D eigenvalue weighted by Gasteiger charge is 2.43. The summed E-state index contributed by atoms with van der Waals surface area (Å²) in [5.74, 6) is 0.738. The molecule has 2 N–H and O–H groups in total. The Morgan fingerprint density at radius 3 is 2.90 bits per heavy atom. The van der Waals surface area contributed by atoms with Gasteiger partial charge in [0.2, 0.25) is 0 Å². The predicted molar refractivity (Wildman–Crippen MR) is 111 cm³/mol. The Labute approximate surface area is 174 Å². The van der Waals surface area contributed by atoms with E-state index in [1.807, 2.05) is 41.3 Å². The molecule has 1 fully saturated rings. The largest absolute Gasteiger partial charge is 0.507 e. The number of methoxy groups -OCH3 is 1. The molecule has 2 aliphatic heterocycles. The molecular formula is C23H23N3O4. The van der Waals surface area contributed by atoms with Gasteiger partial charge in [0.15, 0.2) is 0 Å². The number of amides is 1. The molecular weight excluding hydrogens is 382 g/mol. The summed E-state index contributed by atoms with van der Waals surface area (Å²) in [4.78, 5) is 15.2. The highest BCUT2D eigenvalue weighted by molar-refractivity contribution is 6.00. The molecule has 0 bridgehead atoms. The van der Waals surface area contributed by atoms with Crippen molar-refractivity contribution in [2.75, 3.05) is 20.3 Å².